The van der Waals surface area contributed by atoms with Gasteiger partial charge in [-0.05, 0) is 18.2 Å². The van der Waals surface area contributed by atoms with Gasteiger partial charge in [-0.3, -0.25) is 0 Å². The molecule has 1 aliphatic rings. The molecule has 1 aromatic heterocycles. The van der Waals surface area contributed by atoms with E-state index in [-0.39, 0.29) is 0 Å². The average Bonchev–Trinajstić information content (AvgIpc) is 2.45. The van der Waals surface area contributed by atoms with Crippen molar-refractivity contribution in [3.8, 4) is 0 Å². The van der Waals surface area contributed by atoms with E-state index in [4.69, 9.17) is 23.8 Å². The minimum absolute atomic E-state index is 0.715. The number of thioether (sulfide) groups is 1. The first-order valence-corrected chi connectivity index (χ1v) is 8.19. The Morgan fingerprint density at radius 3 is 3.15 bits per heavy atom. The summed E-state index contributed by atoms with van der Waals surface area (Å²) in [7, 11) is 0. The minimum Gasteiger partial charge on any atom is -0.346 e. The average molecular weight is 324 g/mol. The quantitative estimate of drug-likeness (QED) is 0.667. The van der Waals surface area contributed by atoms with Gasteiger partial charge in [-0.1, -0.05) is 29.9 Å². The molecule has 0 saturated carbocycles. The molecule has 0 saturated heterocycles. The Labute approximate surface area is 132 Å². The molecule has 2 aromatic rings. The number of fused-ring (bicyclic) bond motifs is 1. The molecule has 0 atom stereocenters. The summed E-state index contributed by atoms with van der Waals surface area (Å²) in [6.45, 7) is 1.81. The van der Waals surface area contributed by atoms with Crippen LogP contribution in [0.25, 0.3) is 0 Å². The number of nitrogens with zero attached hydrogens (tertiary/aromatic N) is 1. The Bertz CT molecular complexity index is 684. The lowest BCUT2D eigenvalue weighted by Gasteiger charge is -2.17. The third-order valence-corrected chi connectivity index (χ3v) is 4.76. The third kappa shape index (κ3) is 3.23. The molecular weight excluding hydrogens is 310 g/mol. The molecule has 0 fully saturated rings. The van der Waals surface area contributed by atoms with E-state index in [2.05, 4.69) is 15.3 Å². The molecule has 0 unspecified atom stereocenters. The Kier molecular flexibility index (Phi) is 4.41. The highest BCUT2D eigenvalue weighted by atomic mass is 35.5. The van der Waals surface area contributed by atoms with Gasteiger partial charge in [0.15, 0.2) is 0 Å². The number of aromatic amines is 1. The Morgan fingerprint density at radius 1 is 1.40 bits per heavy atom. The number of nitrogens with one attached hydrogen (secondary N) is 2. The fourth-order valence-electron chi connectivity index (χ4n) is 2.20. The molecule has 0 spiro atoms. The second-order valence-corrected chi connectivity index (χ2v) is 6.49. The van der Waals surface area contributed by atoms with Crippen molar-refractivity contribution in [2.75, 3.05) is 6.54 Å². The maximum Gasteiger partial charge on any atom is 0.134 e. The van der Waals surface area contributed by atoms with Gasteiger partial charge in [0, 0.05) is 40.7 Å². The highest BCUT2D eigenvalue weighted by Gasteiger charge is 2.12. The molecule has 2 heterocycles. The smallest absolute Gasteiger partial charge is 0.134 e. The van der Waals surface area contributed by atoms with Gasteiger partial charge in [-0.15, -0.1) is 11.8 Å². The first kappa shape index (κ1) is 14.1. The summed E-state index contributed by atoms with van der Waals surface area (Å²) in [6.07, 6.45) is 0.982. The minimum atomic E-state index is 0.715. The van der Waals surface area contributed by atoms with Crippen molar-refractivity contribution in [3.63, 3.8) is 0 Å². The Morgan fingerprint density at radius 2 is 2.30 bits per heavy atom. The summed E-state index contributed by atoms with van der Waals surface area (Å²) >= 11 is 13.1. The lowest BCUT2D eigenvalue weighted by atomic mass is 10.1. The van der Waals surface area contributed by atoms with Crippen LogP contribution >= 0.6 is 35.6 Å². The second-order valence-electron chi connectivity index (χ2n) is 4.62. The van der Waals surface area contributed by atoms with Crippen molar-refractivity contribution in [3.05, 3.63) is 51.0 Å². The van der Waals surface area contributed by atoms with E-state index in [1.807, 2.05) is 24.3 Å². The molecule has 0 bridgehead atoms. The molecule has 1 aliphatic heterocycles. The van der Waals surface area contributed by atoms with Crippen LogP contribution in [0.5, 0.6) is 0 Å². The van der Waals surface area contributed by atoms with Crippen LogP contribution in [0.2, 0.25) is 5.02 Å². The first-order chi connectivity index (χ1) is 9.72. The van der Waals surface area contributed by atoms with Gasteiger partial charge < -0.3 is 10.3 Å². The largest absolute Gasteiger partial charge is 0.346 e. The highest BCUT2D eigenvalue weighted by molar-refractivity contribution is 7.98. The number of benzene rings is 1. The molecule has 3 rings (SSSR count). The van der Waals surface area contributed by atoms with Crippen LogP contribution < -0.4 is 5.32 Å². The predicted molar refractivity (Wildman–Crippen MR) is 85.8 cm³/mol. The predicted octanol–water partition coefficient (Wildman–Crippen LogP) is 3.73. The van der Waals surface area contributed by atoms with Gasteiger partial charge in [0.1, 0.15) is 10.5 Å². The normalized spacial score (nSPS) is 14.1. The van der Waals surface area contributed by atoms with Crippen molar-refractivity contribution in [2.24, 2.45) is 0 Å². The third-order valence-electron chi connectivity index (χ3n) is 3.18. The van der Waals surface area contributed by atoms with E-state index in [1.165, 1.54) is 5.69 Å². The molecule has 1 aromatic carbocycles. The van der Waals surface area contributed by atoms with Crippen molar-refractivity contribution >= 4 is 35.6 Å². The highest BCUT2D eigenvalue weighted by Crippen LogP contribution is 2.24. The number of halogens is 1. The van der Waals surface area contributed by atoms with Gasteiger partial charge >= 0.3 is 0 Å². The molecule has 0 aliphatic carbocycles. The van der Waals surface area contributed by atoms with E-state index < -0.39 is 0 Å². The van der Waals surface area contributed by atoms with E-state index in [9.17, 15) is 0 Å². The molecule has 0 amide bonds. The number of aromatic nitrogens is 2. The molecule has 3 nitrogen and oxygen atoms in total. The van der Waals surface area contributed by atoms with Crippen LogP contribution in [-0.2, 0) is 18.7 Å². The zero-order valence-corrected chi connectivity index (χ0v) is 13.2. The van der Waals surface area contributed by atoms with Crippen molar-refractivity contribution in [1.29, 1.82) is 0 Å². The van der Waals surface area contributed by atoms with Crippen LogP contribution in [0.3, 0.4) is 0 Å². The number of hydrogen-bond acceptors (Lipinski definition) is 4. The fraction of sp³-hybridized carbons (Fsp3) is 0.286. The zero-order valence-electron chi connectivity index (χ0n) is 10.8. The molecular formula is C14H14ClN3S2. The first-order valence-electron chi connectivity index (χ1n) is 6.42. The summed E-state index contributed by atoms with van der Waals surface area (Å²) in [5.41, 5.74) is 2.37. The van der Waals surface area contributed by atoms with E-state index in [0.717, 1.165) is 46.6 Å². The molecule has 0 radical (unpaired) electrons. The van der Waals surface area contributed by atoms with Gasteiger partial charge in [0.05, 0.1) is 5.75 Å². The lowest BCUT2D eigenvalue weighted by Crippen LogP contribution is -2.25. The van der Waals surface area contributed by atoms with Gasteiger partial charge in [0.2, 0.25) is 0 Å². The lowest BCUT2D eigenvalue weighted by molar-refractivity contribution is 0.620. The standard InChI is InChI=1S/C14H14ClN3S2/c15-9-2-1-3-10(6-9)20-8-13-17-12-4-5-16-7-11(12)14(19)18-13/h1-3,6,16H,4-5,7-8H2,(H,17,18,19). The molecule has 6 heteroatoms. The number of rotatable bonds is 3. The van der Waals surface area contributed by atoms with Crippen LogP contribution in [0, 0.1) is 4.64 Å². The van der Waals surface area contributed by atoms with E-state index in [1.54, 1.807) is 11.8 Å². The Balaban J connectivity index is 1.78. The number of hydrogen-bond donors (Lipinski definition) is 2. The molecule has 104 valence electrons. The summed E-state index contributed by atoms with van der Waals surface area (Å²) < 4.78 is 0.715. The summed E-state index contributed by atoms with van der Waals surface area (Å²) in [5, 5.41) is 4.08. The summed E-state index contributed by atoms with van der Waals surface area (Å²) in [4.78, 5) is 9.05. The maximum absolute atomic E-state index is 5.99. The zero-order chi connectivity index (χ0) is 13.9. The SMILES string of the molecule is S=c1nc(CSc2cccc(Cl)c2)[nH]c2c1CNCC2. The van der Waals surface area contributed by atoms with Crippen molar-refractivity contribution < 1.29 is 0 Å². The van der Waals surface area contributed by atoms with Gasteiger partial charge in [0.25, 0.3) is 0 Å². The van der Waals surface area contributed by atoms with Gasteiger partial charge in [-0.25, -0.2) is 4.98 Å². The second kappa shape index (κ2) is 6.26. The molecule has 20 heavy (non-hydrogen) atoms. The summed E-state index contributed by atoms with van der Waals surface area (Å²) in [6, 6.07) is 7.85. The molecule has 2 N–H and O–H groups in total. The fourth-order valence-corrected chi connectivity index (χ4v) is 3.58. The van der Waals surface area contributed by atoms with Crippen LogP contribution in [0.4, 0.5) is 0 Å². The van der Waals surface area contributed by atoms with E-state index >= 15 is 0 Å². The van der Waals surface area contributed by atoms with Gasteiger partial charge in [-0.2, -0.15) is 0 Å². The van der Waals surface area contributed by atoms with Crippen LogP contribution in [0.15, 0.2) is 29.2 Å². The number of H-pyrrole nitrogens is 1. The monoisotopic (exact) mass is 323 g/mol. The van der Waals surface area contributed by atoms with Crippen molar-refractivity contribution in [1.82, 2.24) is 15.3 Å². The maximum atomic E-state index is 5.99. The van der Waals surface area contributed by atoms with Crippen LogP contribution in [-0.4, -0.2) is 16.5 Å². The topological polar surface area (TPSA) is 40.7 Å². The Hall–Kier alpha value is -0.880. The summed E-state index contributed by atoms with van der Waals surface area (Å²) in [5.74, 6) is 1.70. The van der Waals surface area contributed by atoms with E-state index in [0.29, 0.717) is 4.64 Å². The van der Waals surface area contributed by atoms with Crippen molar-refractivity contribution in [2.45, 2.75) is 23.6 Å². The van der Waals surface area contributed by atoms with Crippen LogP contribution in [0.1, 0.15) is 17.1 Å².